The van der Waals surface area contributed by atoms with E-state index >= 15 is 0 Å². The third-order valence-corrected chi connectivity index (χ3v) is 3.49. The Bertz CT molecular complexity index is 574. The summed E-state index contributed by atoms with van der Waals surface area (Å²) >= 11 is 7.62. The van der Waals surface area contributed by atoms with Crippen molar-refractivity contribution in [3.63, 3.8) is 0 Å². The Morgan fingerprint density at radius 3 is 2.83 bits per heavy atom. The highest BCUT2D eigenvalue weighted by Gasteiger charge is 2.16. The van der Waals surface area contributed by atoms with Crippen molar-refractivity contribution in [3.05, 3.63) is 52.8 Å². The first kappa shape index (κ1) is 13.1. The van der Waals surface area contributed by atoms with Crippen LogP contribution in [-0.2, 0) is 0 Å². The Balaban J connectivity index is 2.34. The molecule has 18 heavy (non-hydrogen) atoms. The lowest BCUT2D eigenvalue weighted by molar-refractivity contribution is 0.0992. The lowest BCUT2D eigenvalue weighted by Crippen LogP contribution is -2.26. The molecule has 0 N–H and O–H groups in total. The zero-order valence-corrected chi connectivity index (χ0v) is 12.1. The third-order valence-electron chi connectivity index (χ3n) is 2.52. The highest BCUT2D eigenvalue weighted by Crippen LogP contribution is 2.23. The maximum atomic E-state index is 12.4. The van der Waals surface area contributed by atoms with Gasteiger partial charge in [-0.05, 0) is 46.3 Å². The first-order chi connectivity index (χ1) is 8.59. The van der Waals surface area contributed by atoms with E-state index in [9.17, 15) is 4.79 Å². The van der Waals surface area contributed by atoms with Gasteiger partial charge in [0.2, 0.25) is 0 Å². The number of thiol groups is 1. The van der Waals surface area contributed by atoms with Gasteiger partial charge < -0.3 is 4.90 Å². The molecular formula is C13H11BrN2OS. The second-order valence-electron chi connectivity index (χ2n) is 3.74. The molecule has 0 bridgehead atoms. The Hall–Kier alpha value is -1.33. The van der Waals surface area contributed by atoms with Crippen molar-refractivity contribution >= 4 is 40.2 Å². The summed E-state index contributed by atoms with van der Waals surface area (Å²) < 4.78 is 0.751. The summed E-state index contributed by atoms with van der Waals surface area (Å²) in [6.07, 6.45) is 3.32. The molecule has 1 aromatic heterocycles. The van der Waals surface area contributed by atoms with Gasteiger partial charge in [-0.1, -0.05) is 0 Å². The Labute approximate surface area is 119 Å². The second-order valence-corrected chi connectivity index (χ2v) is 5.11. The molecule has 1 amide bonds. The molecule has 0 saturated carbocycles. The molecular weight excluding hydrogens is 312 g/mol. The van der Waals surface area contributed by atoms with Gasteiger partial charge in [-0.3, -0.25) is 9.78 Å². The first-order valence-electron chi connectivity index (χ1n) is 5.26. The van der Waals surface area contributed by atoms with E-state index in [-0.39, 0.29) is 5.91 Å². The molecule has 5 heteroatoms. The van der Waals surface area contributed by atoms with Gasteiger partial charge >= 0.3 is 0 Å². The van der Waals surface area contributed by atoms with Gasteiger partial charge in [0.1, 0.15) is 0 Å². The number of anilines is 1. The van der Waals surface area contributed by atoms with Crippen LogP contribution in [0.25, 0.3) is 0 Å². The minimum absolute atomic E-state index is 0.106. The number of amides is 1. The summed E-state index contributed by atoms with van der Waals surface area (Å²) in [5.41, 5.74) is 1.33. The Kier molecular flexibility index (Phi) is 4.04. The van der Waals surface area contributed by atoms with Gasteiger partial charge in [0.05, 0.1) is 17.4 Å². The molecule has 0 aliphatic carbocycles. The quantitative estimate of drug-likeness (QED) is 0.859. The van der Waals surface area contributed by atoms with Crippen LogP contribution >= 0.6 is 28.6 Å². The topological polar surface area (TPSA) is 33.2 Å². The highest BCUT2D eigenvalue weighted by atomic mass is 79.9. The fraction of sp³-hybridized carbons (Fsp3) is 0.0769. The summed E-state index contributed by atoms with van der Waals surface area (Å²) in [5.74, 6) is -0.106. The largest absolute Gasteiger partial charge is 0.310 e. The average molecular weight is 323 g/mol. The first-order valence-corrected chi connectivity index (χ1v) is 6.50. The molecule has 0 spiro atoms. The highest BCUT2D eigenvalue weighted by molar-refractivity contribution is 9.10. The van der Waals surface area contributed by atoms with Crippen LogP contribution in [0.15, 0.2) is 52.1 Å². The number of nitrogens with zero attached hydrogens (tertiary/aromatic N) is 2. The number of aromatic nitrogens is 1. The van der Waals surface area contributed by atoms with E-state index in [1.165, 1.54) is 0 Å². The van der Waals surface area contributed by atoms with E-state index in [1.807, 2.05) is 18.2 Å². The average Bonchev–Trinajstić information content (AvgIpc) is 2.41. The van der Waals surface area contributed by atoms with Crippen molar-refractivity contribution in [2.45, 2.75) is 4.90 Å². The molecule has 1 aromatic carbocycles. The van der Waals surface area contributed by atoms with Gasteiger partial charge in [-0.25, -0.2) is 0 Å². The zero-order valence-electron chi connectivity index (χ0n) is 9.67. The van der Waals surface area contributed by atoms with Crippen LogP contribution in [0.5, 0.6) is 0 Å². The lowest BCUT2D eigenvalue weighted by Gasteiger charge is -2.17. The molecule has 0 aliphatic heterocycles. The summed E-state index contributed by atoms with van der Waals surface area (Å²) in [6.45, 7) is 0. The van der Waals surface area contributed by atoms with E-state index in [0.717, 1.165) is 15.1 Å². The van der Waals surface area contributed by atoms with E-state index in [1.54, 1.807) is 36.5 Å². The number of benzene rings is 1. The molecule has 0 unspecified atom stereocenters. The number of hydrogen-bond donors (Lipinski definition) is 1. The van der Waals surface area contributed by atoms with Crippen LogP contribution in [0.3, 0.4) is 0 Å². The van der Waals surface area contributed by atoms with Crippen LogP contribution in [0.4, 0.5) is 5.69 Å². The molecule has 0 atom stereocenters. The van der Waals surface area contributed by atoms with E-state index in [4.69, 9.17) is 0 Å². The van der Waals surface area contributed by atoms with Gasteiger partial charge in [0, 0.05) is 22.6 Å². The van der Waals surface area contributed by atoms with E-state index < -0.39 is 0 Å². The SMILES string of the molecule is CN(C(=O)c1cc(S)ccc1Br)c1cccnc1. The summed E-state index contributed by atoms with van der Waals surface area (Å²) in [6, 6.07) is 9.01. The van der Waals surface area contributed by atoms with Gasteiger partial charge in [-0.2, -0.15) is 0 Å². The summed E-state index contributed by atoms with van der Waals surface area (Å²) in [7, 11) is 1.72. The van der Waals surface area contributed by atoms with Crippen molar-refractivity contribution in [1.82, 2.24) is 4.98 Å². The van der Waals surface area contributed by atoms with Gasteiger partial charge in [0.15, 0.2) is 0 Å². The lowest BCUT2D eigenvalue weighted by atomic mass is 10.2. The van der Waals surface area contributed by atoms with Crippen LogP contribution < -0.4 is 4.90 Å². The van der Waals surface area contributed by atoms with Gasteiger partial charge in [0.25, 0.3) is 5.91 Å². The number of pyridine rings is 1. The molecule has 2 aromatic rings. The van der Waals surface area contributed by atoms with Crippen LogP contribution in [0.2, 0.25) is 0 Å². The predicted molar refractivity (Wildman–Crippen MR) is 78.4 cm³/mol. The second kappa shape index (κ2) is 5.54. The molecule has 2 rings (SSSR count). The molecule has 3 nitrogen and oxygen atoms in total. The van der Waals surface area contributed by atoms with Crippen molar-refractivity contribution in [1.29, 1.82) is 0 Å². The molecule has 92 valence electrons. The normalized spacial score (nSPS) is 10.2. The van der Waals surface area contributed by atoms with Crippen LogP contribution in [0, 0.1) is 0 Å². The molecule has 0 fully saturated rings. The standard InChI is InChI=1S/C13H11BrN2OS/c1-16(9-3-2-6-15-8-9)13(17)11-7-10(18)4-5-12(11)14/h2-8,18H,1H3. The molecule has 0 saturated heterocycles. The number of hydrogen-bond acceptors (Lipinski definition) is 3. The minimum atomic E-state index is -0.106. The Morgan fingerprint density at radius 2 is 2.17 bits per heavy atom. The monoisotopic (exact) mass is 322 g/mol. The van der Waals surface area contributed by atoms with Crippen LogP contribution in [0.1, 0.15) is 10.4 Å². The van der Waals surface area contributed by atoms with Crippen molar-refractivity contribution in [3.8, 4) is 0 Å². The van der Waals surface area contributed by atoms with Gasteiger partial charge in [-0.15, -0.1) is 12.6 Å². The summed E-state index contributed by atoms with van der Waals surface area (Å²) in [4.78, 5) is 18.7. The van der Waals surface area contributed by atoms with E-state index in [2.05, 4.69) is 33.5 Å². The van der Waals surface area contributed by atoms with E-state index in [0.29, 0.717) is 5.56 Å². The number of carbonyl (C=O) groups is 1. The fourth-order valence-corrected chi connectivity index (χ4v) is 2.15. The predicted octanol–water partition coefficient (Wildman–Crippen LogP) is 3.41. The third kappa shape index (κ3) is 2.73. The van der Waals surface area contributed by atoms with Crippen molar-refractivity contribution in [2.75, 3.05) is 11.9 Å². The number of rotatable bonds is 2. The molecule has 0 aliphatic rings. The number of carbonyl (C=O) groups excluding carboxylic acids is 1. The number of halogens is 1. The zero-order chi connectivity index (χ0) is 13.1. The minimum Gasteiger partial charge on any atom is -0.310 e. The van der Waals surface area contributed by atoms with Crippen molar-refractivity contribution < 1.29 is 4.79 Å². The summed E-state index contributed by atoms with van der Waals surface area (Å²) in [5, 5.41) is 0. The smallest absolute Gasteiger partial charge is 0.259 e. The fourth-order valence-electron chi connectivity index (χ4n) is 1.53. The maximum Gasteiger partial charge on any atom is 0.259 e. The maximum absolute atomic E-state index is 12.4. The van der Waals surface area contributed by atoms with Crippen molar-refractivity contribution in [2.24, 2.45) is 0 Å². The van der Waals surface area contributed by atoms with Crippen LogP contribution in [-0.4, -0.2) is 17.9 Å². The molecule has 0 radical (unpaired) electrons. The molecule has 1 heterocycles. The Morgan fingerprint density at radius 1 is 1.39 bits per heavy atom.